The third-order valence-corrected chi connectivity index (χ3v) is 6.03. The number of benzene rings is 1. The molecule has 9 heteroatoms. The third kappa shape index (κ3) is 3.54. The molecule has 2 aromatic heterocycles. The van der Waals surface area contributed by atoms with Crippen LogP contribution < -0.4 is 5.32 Å². The number of aliphatic hydroxyl groups excluding tert-OH is 1. The van der Waals surface area contributed by atoms with E-state index in [1.54, 1.807) is 6.92 Å². The number of alkyl halides is 2. The number of pyridine rings is 1. The Labute approximate surface area is 183 Å². The second-order valence-corrected chi connectivity index (χ2v) is 8.28. The molecule has 0 amide bonds. The van der Waals surface area contributed by atoms with Gasteiger partial charge in [-0.1, -0.05) is 12.1 Å². The van der Waals surface area contributed by atoms with Gasteiger partial charge in [0.05, 0.1) is 28.5 Å². The van der Waals surface area contributed by atoms with Crippen molar-refractivity contribution >= 4 is 16.9 Å². The highest BCUT2D eigenvalue weighted by Crippen LogP contribution is 2.49. The lowest BCUT2D eigenvalue weighted by Crippen LogP contribution is -2.29. The molecule has 0 aliphatic heterocycles. The highest BCUT2D eigenvalue weighted by molar-refractivity contribution is 5.87. The van der Waals surface area contributed by atoms with E-state index in [1.807, 2.05) is 13.0 Å². The van der Waals surface area contributed by atoms with Crippen LogP contribution in [0.5, 0.6) is 0 Å². The molecule has 1 fully saturated rings. The summed E-state index contributed by atoms with van der Waals surface area (Å²) in [5.41, 5.74) is 0.522. The molecule has 0 spiro atoms. The first-order valence-corrected chi connectivity index (χ1v) is 10.3. The average Bonchev–Trinajstić information content (AvgIpc) is 3.54. The molecule has 0 saturated heterocycles. The lowest BCUT2D eigenvalue weighted by Gasteiger charge is -2.23. The van der Waals surface area contributed by atoms with E-state index < -0.39 is 34.9 Å². The Morgan fingerprint density at radius 3 is 2.59 bits per heavy atom. The normalized spacial score (nSPS) is 16.9. The quantitative estimate of drug-likeness (QED) is 0.577. The minimum absolute atomic E-state index is 0.00516. The average molecular weight is 441 g/mol. The molecule has 1 aliphatic rings. The van der Waals surface area contributed by atoms with Crippen molar-refractivity contribution in [2.24, 2.45) is 0 Å². The molecular formula is C23H22F3N5O. The number of halogens is 3. The summed E-state index contributed by atoms with van der Waals surface area (Å²) < 4.78 is 43.6. The highest BCUT2D eigenvalue weighted by atomic mass is 19.3. The summed E-state index contributed by atoms with van der Waals surface area (Å²) in [7, 11) is 0. The number of hydrogen-bond acceptors (Lipinski definition) is 6. The summed E-state index contributed by atoms with van der Waals surface area (Å²) in [6.07, 6.45) is 0.776. The van der Waals surface area contributed by atoms with E-state index in [9.17, 15) is 19.1 Å². The zero-order chi connectivity index (χ0) is 23.3. The smallest absolute Gasteiger partial charge is 0.301 e. The van der Waals surface area contributed by atoms with Gasteiger partial charge < -0.3 is 10.4 Å². The lowest BCUT2D eigenvalue weighted by atomic mass is 9.95. The van der Waals surface area contributed by atoms with Crippen LogP contribution in [-0.2, 0) is 11.3 Å². The summed E-state index contributed by atoms with van der Waals surface area (Å²) in [6.45, 7) is 4.37. The summed E-state index contributed by atoms with van der Waals surface area (Å²) in [6, 6.07) is 7.15. The molecule has 0 radical (unpaired) electrons. The van der Waals surface area contributed by atoms with Crippen molar-refractivity contribution in [3.63, 3.8) is 0 Å². The molecule has 6 nitrogen and oxygen atoms in total. The van der Waals surface area contributed by atoms with Crippen LogP contribution in [0.1, 0.15) is 55.1 Å². The first-order chi connectivity index (χ1) is 15.1. The SMILES string of the molecule is Cc1nc2ncnc(N[C@H](C)c3cccc(C(F)(F)[C@H](C)O)c3F)c2cc1C1(C#N)CC1. The Balaban J connectivity index is 1.73. The van der Waals surface area contributed by atoms with Gasteiger partial charge in [-0.15, -0.1) is 0 Å². The molecule has 32 heavy (non-hydrogen) atoms. The van der Waals surface area contributed by atoms with Gasteiger partial charge in [-0.25, -0.2) is 19.3 Å². The number of anilines is 1. The molecule has 4 rings (SSSR count). The monoisotopic (exact) mass is 441 g/mol. The zero-order valence-electron chi connectivity index (χ0n) is 17.8. The number of aryl methyl sites for hydroxylation is 1. The van der Waals surface area contributed by atoms with Crippen molar-refractivity contribution < 1.29 is 18.3 Å². The van der Waals surface area contributed by atoms with Crippen LogP contribution in [0.2, 0.25) is 0 Å². The van der Waals surface area contributed by atoms with Gasteiger partial charge >= 0.3 is 5.92 Å². The van der Waals surface area contributed by atoms with Gasteiger partial charge in [0.2, 0.25) is 0 Å². The molecule has 166 valence electrons. The molecule has 1 aromatic carbocycles. The molecule has 2 N–H and O–H groups in total. The van der Waals surface area contributed by atoms with Crippen LogP contribution >= 0.6 is 0 Å². The molecule has 0 bridgehead atoms. The van der Waals surface area contributed by atoms with Crippen LogP contribution in [0.4, 0.5) is 19.0 Å². The second-order valence-electron chi connectivity index (χ2n) is 8.28. The lowest BCUT2D eigenvalue weighted by molar-refractivity contribution is -0.108. The number of nitrogens with zero attached hydrogens (tertiary/aromatic N) is 4. The van der Waals surface area contributed by atoms with Gasteiger partial charge in [-0.05, 0) is 51.3 Å². The standard InChI is InChI=1S/C23H22F3N5O/c1-12(15-5-4-6-17(19(15)24)23(25,26)14(3)32)30-20-16-9-18(22(10-27)7-8-22)13(2)31-21(16)29-11-28-20/h4-6,9,11-12,14,32H,7-8H2,1-3H3,(H,28,29,30,31)/t12-,14+/m1/s1. The van der Waals surface area contributed by atoms with Crippen molar-refractivity contribution in [2.45, 2.75) is 57.1 Å². The minimum Gasteiger partial charge on any atom is -0.387 e. The Morgan fingerprint density at radius 2 is 1.97 bits per heavy atom. The minimum atomic E-state index is -3.73. The number of nitrogens with one attached hydrogen (secondary N) is 1. The van der Waals surface area contributed by atoms with Crippen molar-refractivity contribution in [3.8, 4) is 6.07 Å². The maximum absolute atomic E-state index is 15.0. The second kappa shape index (κ2) is 7.71. The van der Waals surface area contributed by atoms with E-state index in [1.165, 1.54) is 18.5 Å². The van der Waals surface area contributed by atoms with Gasteiger partial charge in [0.15, 0.2) is 5.65 Å². The predicted octanol–water partition coefficient (Wildman–Crippen LogP) is 4.67. The first-order valence-electron chi connectivity index (χ1n) is 10.3. The van der Waals surface area contributed by atoms with E-state index >= 15 is 4.39 Å². The van der Waals surface area contributed by atoms with Crippen LogP contribution in [-0.4, -0.2) is 26.2 Å². The molecule has 0 unspecified atom stereocenters. The van der Waals surface area contributed by atoms with Crippen molar-refractivity contribution in [2.75, 3.05) is 5.32 Å². The summed E-state index contributed by atoms with van der Waals surface area (Å²) >= 11 is 0. The maximum atomic E-state index is 15.0. The van der Waals surface area contributed by atoms with E-state index in [2.05, 4.69) is 26.3 Å². The van der Waals surface area contributed by atoms with Gasteiger partial charge in [0, 0.05) is 11.3 Å². The Bertz CT molecular complexity index is 1230. The van der Waals surface area contributed by atoms with Gasteiger partial charge in [0.1, 0.15) is 24.1 Å². The van der Waals surface area contributed by atoms with Gasteiger partial charge in [0.25, 0.3) is 0 Å². The van der Waals surface area contributed by atoms with E-state index in [0.29, 0.717) is 22.5 Å². The van der Waals surface area contributed by atoms with Gasteiger partial charge in [-0.2, -0.15) is 14.0 Å². The predicted molar refractivity (Wildman–Crippen MR) is 113 cm³/mol. The van der Waals surface area contributed by atoms with E-state index in [-0.39, 0.29) is 5.56 Å². The third-order valence-electron chi connectivity index (χ3n) is 6.03. The number of aromatic nitrogens is 3. The largest absolute Gasteiger partial charge is 0.387 e. The zero-order valence-corrected chi connectivity index (χ0v) is 17.8. The van der Waals surface area contributed by atoms with Crippen LogP contribution in [0.25, 0.3) is 11.0 Å². The molecule has 1 saturated carbocycles. The number of fused-ring (bicyclic) bond motifs is 1. The molecule has 2 heterocycles. The molecular weight excluding hydrogens is 419 g/mol. The Morgan fingerprint density at radius 1 is 1.25 bits per heavy atom. The molecule has 2 atom stereocenters. The Kier molecular flexibility index (Phi) is 5.29. The van der Waals surface area contributed by atoms with Crippen molar-refractivity contribution in [1.82, 2.24) is 15.0 Å². The number of aliphatic hydroxyl groups is 1. The van der Waals surface area contributed by atoms with E-state index in [4.69, 9.17) is 0 Å². The van der Waals surface area contributed by atoms with Gasteiger partial charge in [-0.3, -0.25) is 0 Å². The van der Waals surface area contributed by atoms with Crippen LogP contribution in [0, 0.1) is 24.1 Å². The number of nitriles is 1. The fourth-order valence-electron chi connectivity index (χ4n) is 3.89. The molecule has 3 aromatic rings. The summed E-state index contributed by atoms with van der Waals surface area (Å²) in [5, 5.41) is 22.6. The summed E-state index contributed by atoms with van der Waals surface area (Å²) in [5.74, 6) is -4.46. The number of rotatable bonds is 6. The Hall–Kier alpha value is -3.25. The van der Waals surface area contributed by atoms with Crippen molar-refractivity contribution in [3.05, 3.63) is 58.8 Å². The number of hydrogen-bond donors (Lipinski definition) is 2. The topological polar surface area (TPSA) is 94.7 Å². The maximum Gasteiger partial charge on any atom is 0.301 e. The molecule has 1 aliphatic carbocycles. The van der Waals surface area contributed by atoms with E-state index in [0.717, 1.165) is 31.4 Å². The fraction of sp³-hybridized carbons (Fsp3) is 0.391. The first kappa shape index (κ1) is 22.0. The fourth-order valence-corrected chi connectivity index (χ4v) is 3.89. The highest BCUT2D eigenvalue weighted by Gasteiger charge is 2.46. The van der Waals surface area contributed by atoms with Crippen molar-refractivity contribution in [1.29, 1.82) is 5.26 Å². The van der Waals surface area contributed by atoms with Crippen LogP contribution in [0.15, 0.2) is 30.6 Å². The van der Waals surface area contributed by atoms with Crippen LogP contribution in [0.3, 0.4) is 0 Å². The summed E-state index contributed by atoms with van der Waals surface area (Å²) in [4.78, 5) is 12.9.